The molecule has 0 atom stereocenters. The summed E-state index contributed by atoms with van der Waals surface area (Å²) in [5.41, 5.74) is 1.32. The van der Waals surface area contributed by atoms with Crippen molar-refractivity contribution in [1.29, 1.82) is 0 Å². The highest BCUT2D eigenvalue weighted by atomic mass is 79.9. The van der Waals surface area contributed by atoms with E-state index in [1.807, 2.05) is 6.07 Å². The number of hydrogen-bond donors (Lipinski definition) is 1. The van der Waals surface area contributed by atoms with Crippen LogP contribution in [0.3, 0.4) is 0 Å². The summed E-state index contributed by atoms with van der Waals surface area (Å²) in [6.45, 7) is 0. The van der Waals surface area contributed by atoms with Gasteiger partial charge in [-0.3, -0.25) is 0 Å². The quantitative estimate of drug-likeness (QED) is 0.871. The van der Waals surface area contributed by atoms with Crippen LogP contribution in [-0.2, 0) is 5.75 Å². The smallest absolute Gasteiger partial charge is 0.335 e. The number of thioether (sulfide) groups is 1. The monoisotopic (exact) mass is 330 g/mol. The Bertz CT molecular complexity index is 531. The zero-order valence-corrected chi connectivity index (χ0v) is 11.7. The molecule has 1 N–H and O–H groups in total. The SMILES string of the molecule is O=C(O)c1ccc(CSc2ncns2)c(Br)c1. The van der Waals surface area contributed by atoms with Gasteiger partial charge in [-0.25, -0.2) is 9.78 Å². The maximum absolute atomic E-state index is 10.8. The molecule has 0 radical (unpaired) electrons. The lowest BCUT2D eigenvalue weighted by molar-refractivity contribution is 0.0697. The third kappa shape index (κ3) is 3.27. The Morgan fingerprint density at radius 2 is 2.35 bits per heavy atom. The van der Waals surface area contributed by atoms with Gasteiger partial charge in [0.05, 0.1) is 5.56 Å². The van der Waals surface area contributed by atoms with Crippen LogP contribution in [0.1, 0.15) is 15.9 Å². The Hall–Kier alpha value is -0.920. The van der Waals surface area contributed by atoms with Crippen LogP contribution in [0.4, 0.5) is 0 Å². The van der Waals surface area contributed by atoms with Gasteiger partial charge in [-0.1, -0.05) is 33.8 Å². The van der Waals surface area contributed by atoms with Crippen LogP contribution in [0, 0.1) is 0 Å². The molecule has 1 heterocycles. The predicted octanol–water partition coefficient (Wildman–Crippen LogP) is 3.29. The minimum absolute atomic E-state index is 0.279. The molecule has 0 fully saturated rings. The zero-order chi connectivity index (χ0) is 12.3. The first-order valence-electron chi connectivity index (χ1n) is 4.58. The molecule has 0 saturated heterocycles. The van der Waals surface area contributed by atoms with Crippen molar-refractivity contribution in [1.82, 2.24) is 9.36 Å². The number of aromatic carboxylic acids is 1. The van der Waals surface area contributed by atoms with Gasteiger partial charge in [-0.15, -0.1) is 0 Å². The number of carboxylic acids is 1. The third-order valence-electron chi connectivity index (χ3n) is 1.99. The summed E-state index contributed by atoms with van der Waals surface area (Å²) in [5.74, 6) is -0.190. The van der Waals surface area contributed by atoms with Crippen LogP contribution in [0.15, 0.2) is 33.3 Å². The van der Waals surface area contributed by atoms with Gasteiger partial charge in [-0.2, -0.15) is 4.37 Å². The summed E-state index contributed by atoms with van der Waals surface area (Å²) in [4.78, 5) is 14.8. The molecule has 7 heteroatoms. The van der Waals surface area contributed by atoms with E-state index in [9.17, 15) is 4.79 Å². The van der Waals surface area contributed by atoms with E-state index in [0.717, 1.165) is 20.1 Å². The van der Waals surface area contributed by atoms with Crippen LogP contribution >= 0.6 is 39.2 Å². The maximum Gasteiger partial charge on any atom is 0.335 e. The fourth-order valence-electron chi connectivity index (χ4n) is 1.16. The zero-order valence-electron chi connectivity index (χ0n) is 8.46. The Morgan fingerprint density at radius 1 is 1.53 bits per heavy atom. The van der Waals surface area contributed by atoms with Crippen molar-refractivity contribution in [2.45, 2.75) is 10.1 Å². The number of halogens is 1. The van der Waals surface area contributed by atoms with Gasteiger partial charge in [0.2, 0.25) is 0 Å². The maximum atomic E-state index is 10.8. The number of carboxylic acid groups (broad SMARTS) is 1. The van der Waals surface area contributed by atoms with E-state index < -0.39 is 5.97 Å². The summed E-state index contributed by atoms with van der Waals surface area (Å²) in [6.07, 6.45) is 1.52. The van der Waals surface area contributed by atoms with Gasteiger partial charge in [0.1, 0.15) is 6.33 Å². The summed E-state index contributed by atoms with van der Waals surface area (Å²) in [5, 5.41) is 8.84. The Balaban J connectivity index is 2.09. The van der Waals surface area contributed by atoms with Crippen molar-refractivity contribution in [3.05, 3.63) is 40.1 Å². The average molecular weight is 331 g/mol. The predicted molar refractivity (Wildman–Crippen MR) is 70.6 cm³/mol. The molecule has 2 aromatic rings. The van der Waals surface area contributed by atoms with Gasteiger partial charge < -0.3 is 5.11 Å². The second kappa shape index (κ2) is 5.61. The fraction of sp³-hybridized carbons (Fsp3) is 0.100. The number of benzene rings is 1. The molecular weight excluding hydrogens is 324 g/mol. The molecule has 2 rings (SSSR count). The molecule has 4 nitrogen and oxygen atoms in total. The van der Waals surface area contributed by atoms with Crippen LogP contribution in [-0.4, -0.2) is 20.4 Å². The summed E-state index contributed by atoms with van der Waals surface area (Å²) < 4.78 is 5.62. The van der Waals surface area contributed by atoms with Crippen LogP contribution < -0.4 is 0 Å². The van der Waals surface area contributed by atoms with Crippen LogP contribution in [0.2, 0.25) is 0 Å². The number of rotatable bonds is 4. The van der Waals surface area contributed by atoms with Crippen LogP contribution in [0.25, 0.3) is 0 Å². The van der Waals surface area contributed by atoms with Gasteiger partial charge in [-0.05, 0) is 29.2 Å². The first-order chi connectivity index (χ1) is 8.16. The van der Waals surface area contributed by atoms with E-state index in [-0.39, 0.29) is 5.56 Å². The van der Waals surface area contributed by atoms with Crippen molar-refractivity contribution < 1.29 is 9.90 Å². The molecule has 0 saturated carbocycles. The largest absolute Gasteiger partial charge is 0.478 e. The summed E-state index contributed by atoms with van der Waals surface area (Å²) >= 11 is 6.30. The van der Waals surface area contributed by atoms with Crippen molar-refractivity contribution in [3.8, 4) is 0 Å². The van der Waals surface area contributed by atoms with Crippen molar-refractivity contribution in [3.63, 3.8) is 0 Å². The Labute approximate surface area is 114 Å². The molecule has 1 aromatic heterocycles. The lowest BCUT2D eigenvalue weighted by atomic mass is 10.1. The minimum Gasteiger partial charge on any atom is -0.478 e. The first kappa shape index (κ1) is 12.5. The highest BCUT2D eigenvalue weighted by molar-refractivity contribution is 9.10. The van der Waals surface area contributed by atoms with Crippen molar-refractivity contribution >= 4 is 45.2 Å². The normalized spacial score (nSPS) is 10.4. The second-order valence-corrected chi connectivity index (χ2v) is 5.96. The lowest BCUT2D eigenvalue weighted by Gasteiger charge is -2.03. The second-order valence-electron chi connectivity index (χ2n) is 3.11. The number of hydrogen-bond acceptors (Lipinski definition) is 5. The first-order valence-corrected chi connectivity index (χ1v) is 7.13. The topological polar surface area (TPSA) is 63.1 Å². The van der Waals surface area contributed by atoms with Crippen molar-refractivity contribution in [2.75, 3.05) is 0 Å². The highest BCUT2D eigenvalue weighted by Gasteiger charge is 2.07. The molecule has 0 aliphatic heterocycles. The third-order valence-corrected chi connectivity index (χ3v) is 4.58. The molecule has 0 bridgehead atoms. The average Bonchev–Trinajstić information content (AvgIpc) is 2.80. The number of nitrogens with zero attached hydrogens (tertiary/aromatic N) is 2. The number of carbonyl (C=O) groups is 1. The van der Waals surface area contributed by atoms with Gasteiger partial charge in [0.15, 0.2) is 4.34 Å². The van der Waals surface area contributed by atoms with Gasteiger partial charge in [0, 0.05) is 10.2 Å². The van der Waals surface area contributed by atoms with E-state index in [1.165, 1.54) is 17.9 Å². The molecule has 17 heavy (non-hydrogen) atoms. The van der Waals surface area contributed by atoms with E-state index in [4.69, 9.17) is 5.11 Å². The summed E-state index contributed by atoms with van der Waals surface area (Å²) in [7, 11) is 0. The molecule has 0 aliphatic rings. The Morgan fingerprint density at radius 3 is 2.94 bits per heavy atom. The van der Waals surface area contributed by atoms with E-state index in [1.54, 1.807) is 23.9 Å². The standard InChI is InChI=1S/C10H7BrN2O2S2/c11-8-3-6(9(14)15)1-2-7(8)4-16-10-12-5-13-17-10/h1-3,5H,4H2,(H,14,15). The molecule has 0 amide bonds. The molecule has 1 aromatic carbocycles. The molecule has 88 valence electrons. The van der Waals surface area contributed by atoms with Crippen LogP contribution in [0.5, 0.6) is 0 Å². The van der Waals surface area contributed by atoms with E-state index in [0.29, 0.717) is 0 Å². The van der Waals surface area contributed by atoms with E-state index >= 15 is 0 Å². The van der Waals surface area contributed by atoms with Gasteiger partial charge in [0.25, 0.3) is 0 Å². The molecular formula is C10H7BrN2O2S2. The molecule has 0 aliphatic carbocycles. The molecule has 0 spiro atoms. The lowest BCUT2D eigenvalue weighted by Crippen LogP contribution is -1.96. The molecule has 0 unspecified atom stereocenters. The Kier molecular flexibility index (Phi) is 4.14. The number of aromatic nitrogens is 2. The van der Waals surface area contributed by atoms with Crippen molar-refractivity contribution in [2.24, 2.45) is 0 Å². The summed E-state index contributed by atoms with van der Waals surface area (Å²) in [6, 6.07) is 5.02. The van der Waals surface area contributed by atoms with E-state index in [2.05, 4.69) is 25.3 Å². The minimum atomic E-state index is -0.922. The highest BCUT2D eigenvalue weighted by Crippen LogP contribution is 2.27. The van der Waals surface area contributed by atoms with Gasteiger partial charge >= 0.3 is 5.97 Å². The fourth-order valence-corrected chi connectivity index (χ4v) is 3.32.